The summed E-state index contributed by atoms with van der Waals surface area (Å²) in [6, 6.07) is 14.3. The zero-order chi connectivity index (χ0) is 16.8. The Kier molecular flexibility index (Phi) is 3.96. The number of ketones is 1. The van der Waals surface area contributed by atoms with E-state index in [0.717, 1.165) is 6.42 Å². The molecule has 0 amide bonds. The first-order valence-corrected chi connectivity index (χ1v) is 9.34. The highest BCUT2D eigenvalue weighted by molar-refractivity contribution is 5.90. The van der Waals surface area contributed by atoms with Gasteiger partial charge in [0, 0.05) is 24.4 Å². The van der Waals surface area contributed by atoms with Gasteiger partial charge in [0.25, 0.3) is 0 Å². The normalized spacial score (nSPS) is 30.0. The first-order chi connectivity index (χ1) is 11.6. The van der Waals surface area contributed by atoms with E-state index in [-0.39, 0.29) is 5.92 Å². The maximum absolute atomic E-state index is 12.9. The molecule has 4 atom stereocenters. The summed E-state index contributed by atoms with van der Waals surface area (Å²) < 4.78 is 0. The van der Waals surface area contributed by atoms with Gasteiger partial charge >= 0.3 is 0 Å². The molecule has 0 radical (unpaired) electrons. The van der Waals surface area contributed by atoms with Crippen LogP contribution in [0, 0.1) is 12.8 Å². The van der Waals surface area contributed by atoms with Gasteiger partial charge in [-0.25, -0.2) is 0 Å². The van der Waals surface area contributed by atoms with Gasteiger partial charge < -0.3 is 0 Å². The molecule has 0 saturated carbocycles. The minimum atomic E-state index is 0.157. The number of nitrogens with zero attached hydrogens (tertiary/aromatic N) is 1. The van der Waals surface area contributed by atoms with E-state index in [9.17, 15) is 4.79 Å². The number of aryl methyl sites for hydroxylation is 1. The summed E-state index contributed by atoms with van der Waals surface area (Å²) >= 11 is 0. The molecule has 4 rings (SSSR count). The van der Waals surface area contributed by atoms with E-state index in [0.29, 0.717) is 30.2 Å². The fourth-order valence-electron chi connectivity index (χ4n) is 5.26. The van der Waals surface area contributed by atoms with Crippen molar-refractivity contribution in [3.63, 3.8) is 0 Å². The zero-order valence-corrected chi connectivity index (χ0v) is 15.0. The number of rotatable bonds is 3. The molecule has 2 bridgehead atoms. The van der Waals surface area contributed by atoms with Gasteiger partial charge in [-0.3, -0.25) is 9.69 Å². The van der Waals surface area contributed by atoms with E-state index in [4.69, 9.17) is 0 Å². The maximum atomic E-state index is 12.9. The van der Waals surface area contributed by atoms with E-state index < -0.39 is 0 Å². The number of Topliss-reactive ketones (excluding diaryl/α,β-unsaturated/α-hetero) is 1. The van der Waals surface area contributed by atoms with Gasteiger partial charge in [-0.05, 0) is 61.1 Å². The minimum Gasteiger partial charge on any atom is -0.300 e. The highest BCUT2D eigenvalue weighted by atomic mass is 16.1. The first-order valence-electron chi connectivity index (χ1n) is 9.34. The lowest BCUT2D eigenvalue weighted by Gasteiger charge is -2.43. The molecule has 2 aromatic rings. The molecule has 2 saturated heterocycles. The Bertz CT molecular complexity index is 781. The van der Waals surface area contributed by atoms with E-state index in [1.54, 1.807) is 0 Å². The van der Waals surface area contributed by atoms with Crippen molar-refractivity contribution in [1.82, 2.24) is 4.90 Å². The molecular formula is C22H27NO. The van der Waals surface area contributed by atoms with Crippen LogP contribution in [0.1, 0.15) is 49.7 Å². The van der Waals surface area contributed by atoms with Gasteiger partial charge in [0.05, 0.1) is 0 Å². The van der Waals surface area contributed by atoms with Crippen molar-refractivity contribution in [3.8, 4) is 0 Å². The number of piperidine rings is 1. The molecule has 0 aromatic heterocycles. The lowest BCUT2D eigenvalue weighted by molar-refractivity contribution is -0.126. The average molecular weight is 321 g/mol. The Labute approximate surface area is 144 Å². The first kappa shape index (κ1) is 15.8. The predicted octanol–water partition coefficient (Wildman–Crippen LogP) is 4.69. The third-order valence-corrected chi connectivity index (χ3v) is 6.56. The summed E-state index contributed by atoms with van der Waals surface area (Å²) in [7, 11) is 2.22. The van der Waals surface area contributed by atoms with Crippen molar-refractivity contribution in [1.29, 1.82) is 0 Å². The smallest absolute Gasteiger partial charge is 0.137 e. The maximum Gasteiger partial charge on any atom is 0.137 e. The number of fused-ring (bicyclic) bond motifs is 3. The summed E-state index contributed by atoms with van der Waals surface area (Å²) in [5.41, 5.74) is 2.72. The van der Waals surface area contributed by atoms with Crippen LogP contribution >= 0.6 is 0 Å². The van der Waals surface area contributed by atoms with Crippen LogP contribution in [0.15, 0.2) is 36.4 Å². The molecule has 2 aromatic carbocycles. The molecule has 24 heavy (non-hydrogen) atoms. The zero-order valence-electron chi connectivity index (χ0n) is 15.0. The minimum absolute atomic E-state index is 0.157. The molecule has 126 valence electrons. The molecule has 2 fully saturated rings. The SMILES string of the molecule is CCC(=O)[C@H]1[C@@H](c2ccc(C)c3ccccc23)C[C@@H]2CC[C@H]1N2C. The summed E-state index contributed by atoms with van der Waals surface area (Å²) in [5.74, 6) is 0.975. The Balaban J connectivity index is 1.85. The number of hydrogen-bond acceptors (Lipinski definition) is 2. The van der Waals surface area contributed by atoms with Crippen molar-refractivity contribution < 1.29 is 4.79 Å². The fraction of sp³-hybridized carbons (Fsp3) is 0.500. The molecule has 2 heteroatoms. The second-order valence-electron chi connectivity index (χ2n) is 7.67. The largest absolute Gasteiger partial charge is 0.300 e. The van der Waals surface area contributed by atoms with Gasteiger partial charge in [-0.15, -0.1) is 0 Å². The predicted molar refractivity (Wildman–Crippen MR) is 99.4 cm³/mol. The number of carbonyl (C=O) groups is 1. The summed E-state index contributed by atoms with van der Waals surface area (Å²) in [5, 5.41) is 2.68. The van der Waals surface area contributed by atoms with Crippen LogP contribution in [0.3, 0.4) is 0 Å². The van der Waals surface area contributed by atoms with Gasteiger partial charge in [0.2, 0.25) is 0 Å². The van der Waals surface area contributed by atoms with Crippen molar-refractivity contribution in [2.24, 2.45) is 5.92 Å². The lowest BCUT2D eigenvalue weighted by Crippen LogP contribution is -2.48. The molecular weight excluding hydrogens is 294 g/mol. The Morgan fingerprint density at radius 2 is 1.88 bits per heavy atom. The van der Waals surface area contributed by atoms with E-state index in [1.807, 2.05) is 6.92 Å². The van der Waals surface area contributed by atoms with E-state index in [1.165, 1.54) is 34.7 Å². The van der Waals surface area contributed by atoms with Gasteiger partial charge in [-0.1, -0.05) is 43.3 Å². The standard InChI is InChI=1S/C22H27NO/c1-4-21(24)22-19(13-15-10-12-20(22)23(15)3)18-11-9-14(2)16-7-5-6-8-17(16)18/h5-9,11,15,19-20,22H,4,10,12-13H2,1-3H3/t15-,19+,20+,22-/m0/s1. The Morgan fingerprint density at radius 1 is 1.12 bits per heavy atom. The van der Waals surface area contributed by atoms with Crippen molar-refractivity contribution in [3.05, 3.63) is 47.5 Å². The van der Waals surface area contributed by atoms with Crippen LogP contribution in [0.5, 0.6) is 0 Å². The molecule has 0 aliphatic carbocycles. The topological polar surface area (TPSA) is 20.3 Å². The number of carbonyl (C=O) groups excluding carboxylic acids is 1. The molecule has 0 N–H and O–H groups in total. The average Bonchev–Trinajstić information content (AvgIpc) is 2.84. The van der Waals surface area contributed by atoms with Crippen LogP contribution < -0.4 is 0 Å². The molecule has 0 spiro atoms. The quantitative estimate of drug-likeness (QED) is 0.817. The van der Waals surface area contributed by atoms with E-state index >= 15 is 0 Å². The summed E-state index contributed by atoms with van der Waals surface area (Å²) in [4.78, 5) is 15.4. The third-order valence-electron chi connectivity index (χ3n) is 6.56. The highest BCUT2D eigenvalue weighted by Crippen LogP contribution is 2.48. The molecule has 2 aliphatic rings. The van der Waals surface area contributed by atoms with E-state index in [2.05, 4.69) is 55.3 Å². The lowest BCUT2D eigenvalue weighted by atomic mass is 9.72. The molecule has 0 unspecified atom stereocenters. The van der Waals surface area contributed by atoms with Crippen LogP contribution in [0.4, 0.5) is 0 Å². The Morgan fingerprint density at radius 3 is 2.62 bits per heavy atom. The summed E-state index contributed by atoms with van der Waals surface area (Å²) in [6.07, 6.45) is 4.20. The van der Waals surface area contributed by atoms with Gasteiger partial charge in [0.15, 0.2) is 0 Å². The molecule has 2 nitrogen and oxygen atoms in total. The van der Waals surface area contributed by atoms with Crippen molar-refractivity contribution >= 4 is 16.6 Å². The van der Waals surface area contributed by atoms with Crippen LogP contribution in [0.2, 0.25) is 0 Å². The van der Waals surface area contributed by atoms with Crippen LogP contribution in [-0.4, -0.2) is 29.8 Å². The third kappa shape index (κ3) is 2.31. The van der Waals surface area contributed by atoms with Gasteiger partial charge in [0.1, 0.15) is 5.78 Å². The molecule has 2 heterocycles. The Hall–Kier alpha value is -1.67. The van der Waals surface area contributed by atoms with Gasteiger partial charge in [-0.2, -0.15) is 0 Å². The second kappa shape index (κ2) is 6.00. The fourth-order valence-corrected chi connectivity index (χ4v) is 5.26. The van der Waals surface area contributed by atoms with Crippen molar-refractivity contribution in [2.45, 2.75) is 57.5 Å². The number of benzene rings is 2. The highest BCUT2D eigenvalue weighted by Gasteiger charge is 2.48. The summed E-state index contributed by atoms with van der Waals surface area (Å²) in [6.45, 7) is 4.20. The monoisotopic (exact) mass is 321 g/mol. The number of hydrogen-bond donors (Lipinski definition) is 0. The van der Waals surface area contributed by atoms with Crippen LogP contribution in [0.25, 0.3) is 10.8 Å². The molecule has 2 aliphatic heterocycles. The van der Waals surface area contributed by atoms with Crippen LogP contribution in [-0.2, 0) is 4.79 Å². The van der Waals surface area contributed by atoms with Crippen molar-refractivity contribution in [2.75, 3.05) is 7.05 Å². The second-order valence-corrected chi connectivity index (χ2v) is 7.67.